The van der Waals surface area contributed by atoms with Gasteiger partial charge in [-0.15, -0.1) is 35.3 Å². The van der Waals surface area contributed by atoms with Crippen LogP contribution in [0.4, 0.5) is 0 Å². The van der Waals surface area contributed by atoms with Crippen molar-refractivity contribution in [2.75, 3.05) is 17.3 Å². The topological polar surface area (TPSA) is 71.0 Å². The monoisotopic (exact) mass is 645 g/mol. The molecule has 37 heavy (non-hydrogen) atoms. The molecule has 0 aliphatic carbocycles. The fraction of sp³-hybridized carbons (Fsp3) is 0.875. The molecule has 0 atom stereocenters. The molecule has 0 aromatic rings. The van der Waals surface area contributed by atoms with Crippen LogP contribution >= 0.6 is 46.4 Å². The molecule has 2 saturated heterocycles. The van der Waals surface area contributed by atoms with E-state index in [1.807, 2.05) is 25.6 Å². The maximum atomic E-state index is 11.6. The number of halogens is 1. The van der Waals surface area contributed by atoms with Gasteiger partial charge in [-0.25, -0.2) is 4.99 Å². The Balaban J connectivity index is 0.000000490. The van der Waals surface area contributed by atoms with Crippen LogP contribution in [0.1, 0.15) is 41.5 Å². The van der Waals surface area contributed by atoms with E-state index in [2.05, 4.69) is 101 Å². The van der Waals surface area contributed by atoms with Crippen molar-refractivity contribution >= 4 is 88.0 Å². The minimum Gasteiger partial charge on any atom is -0.534 e. The van der Waals surface area contributed by atoms with E-state index in [9.17, 15) is 9.59 Å². The first-order valence-corrected chi connectivity index (χ1v) is 27.0. The maximum Gasteiger partial charge on any atom is 0.243 e. The molecule has 2 amide bonds. The summed E-state index contributed by atoms with van der Waals surface area (Å²) in [5, 5.41) is 2.82. The van der Waals surface area contributed by atoms with Gasteiger partial charge in [0.25, 0.3) is 0 Å². The first-order chi connectivity index (χ1) is 16.1. The van der Waals surface area contributed by atoms with Crippen molar-refractivity contribution in [3.63, 3.8) is 0 Å². The molecule has 0 aromatic heterocycles. The summed E-state index contributed by atoms with van der Waals surface area (Å²) in [6, 6.07) is 0. The predicted molar refractivity (Wildman–Crippen MR) is 179 cm³/mol. The fourth-order valence-corrected chi connectivity index (χ4v) is 10.4. The van der Waals surface area contributed by atoms with E-state index in [1.165, 1.54) is 0 Å². The van der Waals surface area contributed by atoms with E-state index >= 15 is 0 Å². The zero-order chi connectivity index (χ0) is 29.7. The Morgan fingerprint density at radius 3 is 1.51 bits per heavy atom. The highest BCUT2D eigenvalue weighted by atomic mass is 35.6. The second-order valence-electron chi connectivity index (χ2n) is 13.5. The van der Waals surface area contributed by atoms with Gasteiger partial charge in [0, 0.05) is 0 Å². The molecule has 6 nitrogen and oxygen atoms in total. The number of aliphatic imine (C=N–C) groups is 1. The van der Waals surface area contributed by atoms with Gasteiger partial charge in [-0.3, -0.25) is 9.59 Å². The minimum atomic E-state index is -1.46. The highest BCUT2D eigenvalue weighted by molar-refractivity contribution is 8.02. The molecule has 3 aliphatic rings. The summed E-state index contributed by atoms with van der Waals surface area (Å²) in [5.41, 5.74) is 0. The average molecular weight is 647 g/mol. The lowest BCUT2D eigenvalue weighted by Gasteiger charge is -2.40. The summed E-state index contributed by atoms with van der Waals surface area (Å²) < 4.78 is 7.92. The highest BCUT2D eigenvalue weighted by Crippen LogP contribution is 2.39. The third-order valence-electron chi connectivity index (χ3n) is 4.38. The van der Waals surface area contributed by atoms with Crippen LogP contribution in [0.25, 0.3) is 0 Å². The Kier molecular flexibility index (Phi) is 14.0. The zero-order valence-corrected chi connectivity index (χ0v) is 32.0. The van der Waals surface area contributed by atoms with Gasteiger partial charge >= 0.3 is 0 Å². The van der Waals surface area contributed by atoms with Crippen LogP contribution in [-0.4, -0.2) is 78.1 Å². The van der Waals surface area contributed by atoms with E-state index in [-0.39, 0.29) is 20.5 Å². The molecule has 13 heteroatoms. The summed E-state index contributed by atoms with van der Waals surface area (Å²) in [6.07, 6.45) is 0. The molecular formula is C24H52ClN3O3S3Si3. The van der Waals surface area contributed by atoms with E-state index in [0.717, 1.165) is 11.7 Å². The third-order valence-corrected chi connectivity index (χ3v) is 11.2. The Labute approximate surface area is 247 Å². The van der Waals surface area contributed by atoms with E-state index in [0.29, 0.717) is 17.4 Å². The second-order valence-corrected chi connectivity index (χ2v) is 35.0. The Hall–Kier alpha value is 0.401. The molecule has 1 N–H and O–H groups in total. The maximum absolute atomic E-state index is 11.6. The SMILES string of the molecule is CC1(C)N=C(O[Si](C)(C)C)CS1.CC1(C)NC(=O)CS1.CC1(C)SCC(=O)N1[Si](C)(C)C.C[Si](C)(C)Cl. The molecule has 0 radical (unpaired) electrons. The lowest BCUT2D eigenvalue weighted by molar-refractivity contribution is -0.125. The van der Waals surface area contributed by atoms with E-state index < -0.39 is 23.9 Å². The second kappa shape index (κ2) is 13.8. The van der Waals surface area contributed by atoms with Crippen molar-refractivity contribution in [1.29, 1.82) is 0 Å². The summed E-state index contributed by atoms with van der Waals surface area (Å²) in [7, 11) is -4.03. The van der Waals surface area contributed by atoms with Crippen molar-refractivity contribution in [2.24, 2.45) is 4.99 Å². The number of hydrogen-bond donors (Lipinski definition) is 1. The van der Waals surface area contributed by atoms with Gasteiger partial charge in [0.2, 0.25) is 20.1 Å². The lowest BCUT2D eigenvalue weighted by Crippen LogP contribution is -2.55. The number of carbonyl (C=O) groups is 2. The first kappa shape index (κ1) is 37.4. The molecule has 0 saturated carbocycles. The molecule has 0 bridgehead atoms. The Bertz CT molecular complexity index is 816. The Morgan fingerprint density at radius 1 is 0.838 bits per heavy atom. The molecule has 218 valence electrons. The van der Waals surface area contributed by atoms with Crippen molar-refractivity contribution in [2.45, 2.75) is 115 Å². The summed E-state index contributed by atoms with van der Waals surface area (Å²) in [4.78, 5) is 26.7. The number of carbonyl (C=O) groups excluding carboxylic acids is 2. The number of nitrogens with zero attached hydrogens (tertiary/aromatic N) is 2. The molecule has 3 rings (SSSR count). The van der Waals surface area contributed by atoms with Crippen LogP contribution in [-0.2, 0) is 14.0 Å². The largest absolute Gasteiger partial charge is 0.534 e. The van der Waals surface area contributed by atoms with Crippen LogP contribution in [0.5, 0.6) is 0 Å². The summed E-state index contributed by atoms with van der Waals surface area (Å²) in [5.74, 6) is 3.65. The van der Waals surface area contributed by atoms with Crippen LogP contribution in [0, 0.1) is 0 Å². The highest BCUT2D eigenvalue weighted by Gasteiger charge is 2.44. The summed E-state index contributed by atoms with van der Waals surface area (Å²) >= 11 is 10.9. The molecule has 3 aliphatic heterocycles. The number of amides is 2. The van der Waals surface area contributed by atoms with Gasteiger partial charge < -0.3 is 14.3 Å². The number of thioether (sulfide) groups is 3. The molecule has 0 aromatic carbocycles. The smallest absolute Gasteiger partial charge is 0.243 e. The number of hydrogen-bond acceptors (Lipinski definition) is 7. The zero-order valence-electron chi connectivity index (χ0n) is 25.8. The van der Waals surface area contributed by atoms with Gasteiger partial charge in [0.05, 0.1) is 27.0 Å². The first-order valence-electron chi connectivity index (χ1n) is 12.7. The van der Waals surface area contributed by atoms with Crippen LogP contribution < -0.4 is 5.32 Å². The number of nitrogens with one attached hydrogen (secondary N) is 1. The quantitative estimate of drug-likeness (QED) is 0.248. The molecule has 0 unspecified atom stereocenters. The summed E-state index contributed by atoms with van der Waals surface area (Å²) in [6.45, 7) is 32.0. The standard InChI is InChI=1S/2C8H17NOSSi.C5H9NOS.C3H9ClSi/c1-8(2)9-7(6-11-8)10-12(3,4)5;1-8(2)9(12(3,4)5)7(10)6-11-8;1-5(2)6-4(7)3-8-5;1-5(2,3)4/h2*6H2,1-5H3;3H2,1-2H3,(H,6,7);1-3H3. The van der Waals surface area contributed by atoms with Crippen LogP contribution in [0.2, 0.25) is 58.9 Å². The van der Waals surface area contributed by atoms with Crippen LogP contribution in [0.15, 0.2) is 4.99 Å². The van der Waals surface area contributed by atoms with Gasteiger partial charge in [-0.05, 0) is 61.2 Å². The van der Waals surface area contributed by atoms with Crippen molar-refractivity contribution < 1.29 is 14.0 Å². The van der Waals surface area contributed by atoms with Crippen molar-refractivity contribution in [3.05, 3.63) is 0 Å². The molecular weight excluding hydrogens is 594 g/mol. The minimum absolute atomic E-state index is 0.0168. The normalized spacial score (nSPS) is 21.9. The lowest BCUT2D eigenvalue weighted by atomic mass is 10.4. The number of rotatable bonds is 2. The Morgan fingerprint density at radius 2 is 1.32 bits per heavy atom. The van der Waals surface area contributed by atoms with Crippen molar-refractivity contribution in [1.82, 2.24) is 9.88 Å². The van der Waals surface area contributed by atoms with Gasteiger partial charge in [0.15, 0.2) is 14.1 Å². The molecule has 2 fully saturated rings. The van der Waals surface area contributed by atoms with E-state index in [4.69, 9.17) is 15.5 Å². The fourth-order valence-electron chi connectivity index (χ4n) is 3.51. The van der Waals surface area contributed by atoms with Gasteiger partial charge in [-0.2, -0.15) is 11.1 Å². The third kappa shape index (κ3) is 17.7. The predicted octanol–water partition coefficient (Wildman–Crippen LogP) is 7.50. The van der Waals surface area contributed by atoms with Crippen LogP contribution in [0.3, 0.4) is 0 Å². The van der Waals surface area contributed by atoms with Gasteiger partial charge in [0.1, 0.15) is 12.3 Å². The molecule has 3 heterocycles. The average Bonchev–Trinajstić information content (AvgIpc) is 3.19. The van der Waals surface area contributed by atoms with E-state index in [1.54, 1.807) is 23.5 Å². The molecule has 0 spiro atoms. The van der Waals surface area contributed by atoms with Gasteiger partial charge in [-0.1, -0.05) is 39.3 Å². The van der Waals surface area contributed by atoms with Crippen molar-refractivity contribution in [3.8, 4) is 0 Å².